The van der Waals surface area contributed by atoms with E-state index in [-0.39, 0.29) is 0 Å². The van der Waals surface area contributed by atoms with Crippen molar-refractivity contribution >= 4 is 5.69 Å². The number of H-pyrrole nitrogens is 1. The molecule has 0 bridgehead atoms. The fourth-order valence-electron chi connectivity index (χ4n) is 2.56. The summed E-state index contributed by atoms with van der Waals surface area (Å²) in [5, 5.41) is 3.42. The number of imidazole rings is 1. The minimum atomic E-state index is 0.785. The lowest BCUT2D eigenvalue weighted by molar-refractivity contribution is 0.331. The van der Waals surface area contributed by atoms with Crippen molar-refractivity contribution in [2.24, 2.45) is 0 Å². The fraction of sp³-hybridized carbons (Fsp3) is 0.400. The van der Waals surface area contributed by atoms with Crippen LogP contribution in [0.1, 0.15) is 24.1 Å². The van der Waals surface area contributed by atoms with Crippen molar-refractivity contribution in [3.63, 3.8) is 0 Å². The summed E-state index contributed by atoms with van der Waals surface area (Å²) in [5.74, 6) is 0. The Bertz CT molecular complexity index is 501. The van der Waals surface area contributed by atoms with Crippen LogP contribution >= 0.6 is 0 Å². The normalized spacial score (nSPS) is 15.8. The lowest BCUT2D eigenvalue weighted by atomic mass is 10.2. The summed E-state index contributed by atoms with van der Waals surface area (Å²) in [5.41, 5.74) is 3.66. The number of anilines is 1. The lowest BCUT2D eigenvalue weighted by Gasteiger charge is -2.15. The Morgan fingerprint density at radius 2 is 2.16 bits per heavy atom. The van der Waals surface area contributed by atoms with Crippen LogP contribution in [0.25, 0.3) is 0 Å². The van der Waals surface area contributed by atoms with Gasteiger partial charge in [0.15, 0.2) is 0 Å². The third kappa shape index (κ3) is 3.35. The van der Waals surface area contributed by atoms with Gasteiger partial charge in [0.05, 0.1) is 18.6 Å². The molecule has 1 saturated heterocycles. The Morgan fingerprint density at radius 1 is 1.26 bits per heavy atom. The van der Waals surface area contributed by atoms with Crippen molar-refractivity contribution in [1.82, 2.24) is 14.9 Å². The number of aromatic nitrogens is 2. The van der Waals surface area contributed by atoms with Gasteiger partial charge in [-0.25, -0.2) is 4.98 Å². The molecular weight excluding hydrogens is 236 g/mol. The molecule has 2 N–H and O–H groups in total. The van der Waals surface area contributed by atoms with Crippen molar-refractivity contribution < 1.29 is 0 Å². The molecule has 100 valence electrons. The largest absolute Gasteiger partial charge is 0.379 e. The molecule has 1 fully saturated rings. The number of nitrogens with one attached hydrogen (secondary N) is 2. The summed E-state index contributed by atoms with van der Waals surface area (Å²) in [6, 6.07) is 8.69. The summed E-state index contributed by atoms with van der Waals surface area (Å²) in [6.45, 7) is 4.34. The second-order valence-electron chi connectivity index (χ2n) is 5.11. The number of likely N-dealkylation sites (tertiary alicyclic amines) is 1. The van der Waals surface area contributed by atoms with E-state index in [4.69, 9.17) is 0 Å². The maximum Gasteiger partial charge on any atom is 0.0922 e. The second kappa shape index (κ2) is 5.89. The molecule has 2 heterocycles. The van der Waals surface area contributed by atoms with E-state index in [9.17, 15) is 0 Å². The summed E-state index contributed by atoms with van der Waals surface area (Å²) in [7, 11) is 0. The fourth-order valence-corrected chi connectivity index (χ4v) is 2.56. The van der Waals surface area contributed by atoms with Gasteiger partial charge in [0.25, 0.3) is 0 Å². The Morgan fingerprint density at radius 3 is 2.95 bits per heavy atom. The molecule has 0 spiro atoms. The number of rotatable bonds is 5. The first-order valence-corrected chi connectivity index (χ1v) is 6.92. The summed E-state index contributed by atoms with van der Waals surface area (Å²) >= 11 is 0. The number of hydrogen-bond acceptors (Lipinski definition) is 3. The van der Waals surface area contributed by atoms with E-state index in [0.717, 1.165) is 18.8 Å². The van der Waals surface area contributed by atoms with Crippen molar-refractivity contribution in [3.8, 4) is 0 Å². The molecule has 1 aromatic heterocycles. The highest BCUT2D eigenvalue weighted by molar-refractivity contribution is 5.45. The Labute approximate surface area is 113 Å². The van der Waals surface area contributed by atoms with Crippen LogP contribution in [-0.4, -0.2) is 28.0 Å². The van der Waals surface area contributed by atoms with Gasteiger partial charge >= 0.3 is 0 Å². The second-order valence-corrected chi connectivity index (χ2v) is 5.11. The maximum absolute atomic E-state index is 4.02. The Balaban J connectivity index is 1.59. The predicted octanol–water partition coefficient (Wildman–Crippen LogP) is 2.62. The lowest BCUT2D eigenvalue weighted by Crippen LogP contribution is -2.18. The monoisotopic (exact) mass is 256 g/mol. The van der Waals surface area contributed by atoms with Crippen LogP contribution in [0.4, 0.5) is 5.69 Å². The van der Waals surface area contributed by atoms with Gasteiger partial charge in [-0.1, -0.05) is 12.1 Å². The Hall–Kier alpha value is -1.81. The van der Waals surface area contributed by atoms with Crippen LogP contribution in [0.2, 0.25) is 0 Å². The quantitative estimate of drug-likeness (QED) is 0.864. The van der Waals surface area contributed by atoms with Crippen molar-refractivity contribution in [1.29, 1.82) is 0 Å². The van der Waals surface area contributed by atoms with Crippen molar-refractivity contribution in [2.45, 2.75) is 25.9 Å². The minimum Gasteiger partial charge on any atom is -0.379 e. The van der Waals surface area contributed by atoms with E-state index in [1.54, 1.807) is 6.33 Å². The minimum absolute atomic E-state index is 0.785. The van der Waals surface area contributed by atoms with Gasteiger partial charge in [-0.15, -0.1) is 0 Å². The highest BCUT2D eigenvalue weighted by Gasteiger charge is 2.11. The third-order valence-electron chi connectivity index (χ3n) is 3.57. The standard InChI is InChI=1S/C15H20N4/c1-2-7-19(6-1)11-13-4-3-5-14(8-13)17-10-15-9-16-12-18-15/h3-5,8-9,12,17H,1-2,6-7,10-11H2,(H,16,18). The SMILES string of the molecule is c1cc(CN2CCCC2)cc(NCc2cnc[nH]2)c1. The van der Waals surface area contributed by atoms with E-state index in [2.05, 4.69) is 44.5 Å². The molecule has 4 heteroatoms. The Kier molecular flexibility index (Phi) is 3.79. The van der Waals surface area contributed by atoms with Crippen molar-refractivity contribution in [2.75, 3.05) is 18.4 Å². The summed E-state index contributed by atoms with van der Waals surface area (Å²) in [4.78, 5) is 9.64. The average Bonchev–Trinajstić information content (AvgIpc) is 3.10. The molecule has 0 amide bonds. The van der Waals surface area contributed by atoms with Crippen LogP contribution in [0.15, 0.2) is 36.8 Å². The zero-order chi connectivity index (χ0) is 12.9. The van der Waals surface area contributed by atoms with Gasteiger partial charge in [0.2, 0.25) is 0 Å². The first-order valence-electron chi connectivity index (χ1n) is 6.92. The molecular formula is C15H20N4. The van der Waals surface area contributed by atoms with Crippen LogP contribution < -0.4 is 5.32 Å². The highest BCUT2D eigenvalue weighted by atomic mass is 15.1. The van der Waals surface area contributed by atoms with Gasteiger partial charge in [-0.05, 0) is 43.6 Å². The topological polar surface area (TPSA) is 44.0 Å². The van der Waals surface area contributed by atoms with E-state index in [1.807, 2.05) is 6.20 Å². The molecule has 2 aromatic rings. The molecule has 4 nitrogen and oxygen atoms in total. The van der Waals surface area contributed by atoms with E-state index in [1.165, 1.54) is 37.2 Å². The van der Waals surface area contributed by atoms with Gasteiger partial charge in [-0.3, -0.25) is 4.90 Å². The molecule has 0 aliphatic carbocycles. The van der Waals surface area contributed by atoms with Crippen molar-refractivity contribution in [3.05, 3.63) is 48.0 Å². The van der Waals surface area contributed by atoms with Crippen LogP contribution in [0, 0.1) is 0 Å². The zero-order valence-electron chi connectivity index (χ0n) is 11.1. The maximum atomic E-state index is 4.02. The molecule has 1 aliphatic heterocycles. The van der Waals surface area contributed by atoms with E-state index < -0.39 is 0 Å². The number of benzene rings is 1. The molecule has 19 heavy (non-hydrogen) atoms. The van der Waals surface area contributed by atoms with Crippen LogP contribution in [0.3, 0.4) is 0 Å². The van der Waals surface area contributed by atoms with E-state index >= 15 is 0 Å². The average molecular weight is 256 g/mol. The van der Waals surface area contributed by atoms with Gasteiger partial charge < -0.3 is 10.3 Å². The predicted molar refractivity (Wildman–Crippen MR) is 76.9 cm³/mol. The molecule has 0 unspecified atom stereocenters. The van der Waals surface area contributed by atoms with Gasteiger partial charge in [0, 0.05) is 18.4 Å². The summed E-state index contributed by atoms with van der Waals surface area (Å²) < 4.78 is 0. The molecule has 0 saturated carbocycles. The van der Waals surface area contributed by atoms with Gasteiger partial charge in [-0.2, -0.15) is 0 Å². The number of hydrogen-bond donors (Lipinski definition) is 2. The van der Waals surface area contributed by atoms with Gasteiger partial charge in [0.1, 0.15) is 0 Å². The number of aromatic amines is 1. The van der Waals surface area contributed by atoms with E-state index in [0.29, 0.717) is 0 Å². The molecule has 0 atom stereocenters. The zero-order valence-corrected chi connectivity index (χ0v) is 11.1. The number of nitrogens with zero attached hydrogens (tertiary/aromatic N) is 2. The first kappa shape index (κ1) is 12.2. The third-order valence-corrected chi connectivity index (χ3v) is 3.57. The van der Waals surface area contributed by atoms with Crippen LogP contribution in [0.5, 0.6) is 0 Å². The molecule has 1 aliphatic rings. The molecule has 3 rings (SSSR count). The smallest absolute Gasteiger partial charge is 0.0922 e. The van der Waals surface area contributed by atoms with Crippen LogP contribution in [-0.2, 0) is 13.1 Å². The molecule has 1 aromatic carbocycles. The first-order chi connectivity index (χ1) is 9.40. The highest BCUT2D eigenvalue weighted by Crippen LogP contribution is 2.16. The molecule has 0 radical (unpaired) electrons. The summed E-state index contributed by atoms with van der Waals surface area (Å²) in [6.07, 6.45) is 6.25.